The zero-order valence-electron chi connectivity index (χ0n) is 13.0. The molecule has 4 nitrogen and oxygen atoms in total. The van der Waals surface area contributed by atoms with Crippen molar-refractivity contribution in [2.24, 2.45) is 5.73 Å². The van der Waals surface area contributed by atoms with Crippen LogP contribution < -0.4 is 11.3 Å². The van der Waals surface area contributed by atoms with E-state index >= 15 is 0 Å². The van der Waals surface area contributed by atoms with Crippen LogP contribution in [-0.2, 0) is 17.6 Å². The first-order chi connectivity index (χ1) is 11.5. The highest BCUT2D eigenvalue weighted by Gasteiger charge is 2.17. The molecule has 0 aliphatic heterocycles. The van der Waals surface area contributed by atoms with Crippen LogP contribution in [0.3, 0.4) is 0 Å². The molecule has 0 amide bonds. The van der Waals surface area contributed by atoms with Crippen molar-refractivity contribution in [1.29, 1.82) is 0 Å². The number of hydrogen-bond acceptors (Lipinski definition) is 3. The van der Waals surface area contributed by atoms with Crippen LogP contribution in [0.2, 0.25) is 5.02 Å². The fraction of sp³-hybridized carbons (Fsp3) is 0.158. The van der Waals surface area contributed by atoms with Gasteiger partial charge in [0.1, 0.15) is 0 Å². The number of benzene rings is 2. The molecule has 0 saturated heterocycles. The Hall–Kier alpha value is -2.43. The van der Waals surface area contributed by atoms with Crippen LogP contribution in [0.15, 0.2) is 59.5 Å². The molecule has 0 fully saturated rings. The number of ketones is 1. The van der Waals surface area contributed by atoms with Gasteiger partial charge in [-0.25, -0.2) is 0 Å². The number of rotatable bonds is 5. The average Bonchev–Trinajstić information content (AvgIpc) is 2.57. The Bertz CT molecular complexity index is 935. The normalized spacial score (nSPS) is 12.2. The van der Waals surface area contributed by atoms with Crippen LogP contribution >= 0.6 is 11.6 Å². The second-order valence-electron chi connectivity index (χ2n) is 5.78. The van der Waals surface area contributed by atoms with E-state index in [0.717, 1.165) is 10.9 Å². The van der Waals surface area contributed by atoms with Crippen molar-refractivity contribution in [3.05, 3.63) is 81.2 Å². The Morgan fingerprint density at radius 2 is 1.92 bits per heavy atom. The maximum Gasteiger partial charge on any atom is 0.255 e. The number of halogens is 1. The summed E-state index contributed by atoms with van der Waals surface area (Å²) in [6.07, 6.45) is 2.21. The van der Waals surface area contributed by atoms with Crippen LogP contribution in [0.1, 0.15) is 11.1 Å². The zero-order valence-corrected chi connectivity index (χ0v) is 13.7. The van der Waals surface area contributed by atoms with E-state index < -0.39 is 6.04 Å². The first-order valence-corrected chi connectivity index (χ1v) is 8.04. The number of Topliss-reactive ketones (excluding diaryl/α,β-unsaturated/α-hetero) is 1. The van der Waals surface area contributed by atoms with Crippen molar-refractivity contribution < 1.29 is 4.79 Å². The fourth-order valence-corrected chi connectivity index (χ4v) is 2.92. The molecule has 3 aromatic rings. The maximum atomic E-state index is 12.4. The molecule has 0 bridgehead atoms. The molecule has 5 heteroatoms. The minimum Gasteiger partial charge on any atom is -0.329 e. The zero-order chi connectivity index (χ0) is 17.1. The summed E-state index contributed by atoms with van der Waals surface area (Å²) < 4.78 is 0. The molecule has 0 spiro atoms. The molecule has 0 saturated carbocycles. The van der Waals surface area contributed by atoms with E-state index in [1.165, 1.54) is 0 Å². The summed E-state index contributed by atoms with van der Waals surface area (Å²) in [6.45, 7) is 0. The van der Waals surface area contributed by atoms with E-state index in [2.05, 4.69) is 4.98 Å². The summed E-state index contributed by atoms with van der Waals surface area (Å²) in [7, 11) is 0. The summed E-state index contributed by atoms with van der Waals surface area (Å²) in [5.41, 5.74) is 7.54. The highest BCUT2D eigenvalue weighted by atomic mass is 35.5. The minimum absolute atomic E-state index is 0.0788. The van der Waals surface area contributed by atoms with Gasteiger partial charge >= 0.3 is 0 Å². The average molecular weight is 341 g/mol. The first kappa shape index (κ1) is 16.4. The summed E-state index contributed by atoms with van der Waals surface area (Å²) >= 11 is 6.24. The molecule has 0 aliphatic rings. The van der Waals surface area contributed by atoms with Crippen molar-refractivity contribution in [2.45, 2.75) is 18.9 Å². The monoisotopic (exact) mass is 340 g/mol. The van der Waals surface area contributed by atoms with Gasteiger partial charge in [-0.3, -0.25) is 9.59 Å². The van der Waals surface area contributed by atoms with Gasteiger partial charge in [-0.05, 0) is 41.1 Å². The number of fused-ring (bicyclic) bond motifs is 1. The molecular formula is C19H17ClN2O2. The van der Waals surface area contributed by atoms with Crippen LogP contribution in [0.5, 0.6) is 0 Å². The van der Waals surface area contributed by atoms with Gasteiger partial charge in [0.2, 0.25) is 0 Å². The molecule has 0 radical (unpaired) electrons. The van der Waals surface area contributed by atoms with E-state index in [0.29, 0.717) is 22.4 Å². The maximum absolute atomic E-state index is 12.4. The van der Waals surface area contributed by atoms with Crippen molar-refractivity contribution in [1.82, 2.24) is 4.98 Å². The largest absolute Gasteiger partial charge is 0.329 e. The van der Waals surface area contributed by atoms with Gasteiger partial charge in [0.25, 0.3) is 5.56 Å². The first-order valence-electron chi connectivity index (χ1n) is 7.66. The smallest absolute Gasteiger partial charge is 0.255 e. The molecule has 3 N–H and O–H groups in total. The molecule has 2 aromatic carbocycles. The molecule has 122 valence electrons. The van der Waals surface area contributed by atoms with Crippen molar-refractivity contribution in [3.63, 3.8) is 0 Å². The van der Waals surface area contributed by atoms with Crippen LogP contribution in [0.4, 0.5) is 0 Å². The van der Waals surface area contributed by atoms with E-state index in [1.807, 2.05) is 30.3 Å². The van der Waals surface area contributed by atoms with Gasteiger partial charge < -0.3 is 10.7 Å². The number of aromatic amines is 1. The molecule has 1 heterocycles. The van der Waals surface area contributed by atoms with Crippen LogP contribution in [0, 0.1) is 0 Å². The van der Waals surface area contributed by atoms with Crippen LogP contribution in [-0.4, -0.2) is 16.8 Å². The van der Waals surface area contributed by atoms with E-state index in [1.54, 1.807) is 24.4 Å². The molecule has 0 aliphatic carbocycles. The van der Waals surface area contributed by atoms with Crippen molar-refractivity contribution in [2.75, 3.05) is 0 Å². The van der Waals surface area contributed by atoms with E-state index in [-0.39, 0.29) is 17.8 Å². The highest BCUT2D eigenvalue weighted by Crippen LogP contribution is 2.23. The lowest BCUT2D eigenvalue weighted by Gasteiger charge is -2.12. The Morgan fingerprint density at radius 1 is 1.17 bits per heavy atom. The molecule has 3 rings (SSSR count). The number of carbonyl (C=O) groups is 1. The third kappa shape index (κ3) is 3.55. The van der Waals surface area contributed by atoms with Crippen molar-refractivity contribution >= 4 is 28.2 Å². The van der Waals surface area contributed by atoms with E-state index in [4.69, 9.17) is 17.3 Å². The van der Waals surface area contributed by atoms with E-state index in [9.17, 15) is 9.59 Å². The third-order valence-corrected chi connectivity index (χ3v) is 4.37. The van der Waals surface area contributed by atoms with Crippen LogP contribution in [0.25, 0.3) is 10.8 Å². The molecule has 1 aromatic heterocycles. The predicted octanol–water partition coefficient (Wildman–Crippen LogP) is 2.86. The number of aromatic nitrogens is 1. The summed E-state index contributed by atoms with van der Waals surface area (Å²) in [6, 6.07) is 14.2. The summed E-state index contributed by atoms with van der Waals surface area (Å²) in [5.74, 6) is -0.0788. The minimum atomic E-state index is -0.585. The number of H-pyrrole nitrogens is 1. The Kier molecular flexibility index (Phi) is 4.79. The van der Waals surface area contributed by atoms with Gasteiger partial charge in [-0.2, -0.15) is 0 Å². The van der Waals surface area contributed by atoms with Gasteiger partial charge in [0.15, 0.2) is 5.78 Å². The number of nitrogens with two attached hydrogens (primary N) is 1. The predicted molar refractivity (Wildman–Crippen MR) is 96.4 cm³/mol. The lowest BCUT2D eigenvalue weighted by molar-refractivity contribution is -0.119. The molecule has 1 atom stereocenters. The van der Waals surface area contributed by atoms with Crippen molar-refractivity contribution in [3.8, 4) is 0 Å². The number of carbonyl (C=O) groups excluding carboxylic acids is 1. The summed E-state index contributed by atoms with van der Waals surface area (Å²) in [4.78, 5) is 26.8. The standard InChI is InChI=1S/C19H17ClN2O2/c20-16-11-15-13(6-7-22-19(15)24)9-14(16)10-18(23)17(21)8-12-4-2-1-3-5-12/h1-7,9,11,17H,8,10,21H2,(H,22,24)/t17-/m0/s1. The molecular weight excluding hydrogens is 324 g/mol. The quantitative estimate of drug-likeness (QED) is 0.749. The summed E-state index contributed by atoms with van der Waals surface area (Å²) in [5, 5.41) is 1.66. The second-order valence-corrected chi connectivity index (χ2v) is 6.18. The van der Waals surface area contributed by atoms with Gasteiger partial charge in [-0.1, -0.05) is 41.9 Å². The van der Waals surface area contributed by atoms with Gasteiger partial charge in [-0.15, -0.1) is 0 Å². The Morgan fingerprint density at radius 3 is 2.67 bits per heavy atom. The second kappa shape index (κ2) is 6.99. The Balaban J connectivity index is 1.80. The van der Waals surface area contributed by atoms with Gasteiger partial charge in [0, 0.05) is 23.0 Å². The molecule has 0 unspecified atom stereocenters. The fourth-order valence-electron chi connectivity index (χ4n) is 2.69. The Labute approximate surface area is 144 Å². The topological polar surface area (TPSA) is 76.0 Å². The SMILES string of the molecule is N[C@@H](Cc1ccccc1)C(=O)Cc1cc2cc[nH]c(=O)c2cc1Cl. The third-order valence-electron chi connectivity index (χ3n) is 4.02. The number of hydrogen-bond donors (Lipinski definition) is 2. The lowest BCUT2D eigenvalue weighted by atomic mass is 9.97. The van der Waals surface area contributed by atoms with Gasteiger partial charge in [0.05, 0.1) is 6.04 Å². The number of nitrogens with one attached hydrogen (secondary N) is 1. The highest BCUT2D eigenvalue weighted by molar-refractivity contribution is 6.32. The molecule has 24 heavy (non-hydrogen) atoms. The number of pyridine rings is 1. The lowest BCUT2D eigenvalue weighted by Crippen LogP contribution is -2.34.